The molecule has 1 unspecified atom stereocenters. The van der Waals surface area contributed by atoms with E-state index in [0.29, 0.717) is 41.6 Å². The number of likely N-dealkylation sites (N-methyl/N-ethyl adjacent to an activating group) is 1. The molecule has 1 aromatic carbocycles. The number of carbonyl (C=O) groups excluding carboxylic acids is 2. The SMILES string of the molecule is CC[C@@H]1C(=O)N(C)c2cnc(Nc3ccc(C(=O)NC4C[C@@H]5CN(CC6CC6)C[C@@H]5C4)c4c3OC(C)(C)C4)nc2N1C1CCCC1. The number of hydrogen-bond acceptors (Lipinski definition) is 8. The van der Waals surface area contributed by atoms with E-state index in [1.165, 1.54) is 45.3 Å². The van der Waals surface area contributed by atoms with Crippen molar-refractivity contribution in [3.8, 4) is 5.75 Å². The summed E-state index contributed by atoms with van der Waals surface area (Å²) in [5.41, 5.74) is 2.70. The lowest BCUT2D eigenvalue weighted by molar-refractivity contribution is -0.120. The molecule has 10 nitrogen and oxygen atoms in total. The third-order valence-corrected chi connectivity index (χ3v) is 11.5. The van der Waals surface area contributed by atoms with Gasteiger partial charge in [0.15, 0.2) is 5.82 Å². The lowest BCUT2D eigenvalue weighted by atomic mass is 9.96. The summed E-state index contributed by atoms with van der Waals surface area (Å²) in [5.74, 6) is 4.41. The summed E-state index contributed by atoms with van der Waals surface area (Å²) >= 11 is 0. The van der Waals surface area contributed by atoms with Crippen molar-refractivity contribution >= 4 is 35.0 Å². The van der Waals surface area contributed by atoms with Gasteiger partial charge in [0.2, 0.25) is 11.9 Å². The van der Waals surface area contributed by atoms with E-state index in [4.69, 9.17) is 9.72 Å². The van der Waals surface area contributed by atoms with Crippen LogP contribution in [0.5, 0.6) is 5.75 Å². The van der Waals surface area contributed by atoms with Gasteiger partial charge in [0.1, 0.15) is 23.1 Å². The molecule has 6 aliphatic rings. The van der Waals surface area contributed by atoms with Crippen LogP contribution in [0.25, 0.3) is 0 Å². The fourth-order valence-corrected chi connectivity index (χ4v) is 9.13. The zero-order valence-electron chi connectivity index (χ0n) is 27.8. The van der Waals surface area contributed by atoms with Crippen molar-refractivity contribution in [3.63, 3.8) is 0 Å². The maximum atomic E-state index is 13.8. The van der Waals surface area contributed by atoms with Crippen LogP contribution in [-0.4, -0.2) is 77.1 Å². The first kappa shape index (κ1) is 30.0. The molecule has 4 atom stereocenters. The van der Waals surface area contributed by atoms with Gasteiger partial charge >= 0.3 is 0 Å². The first-order chi connectivity index (χ1) is 22.2. The zero-order valence-corrected chi connectivity index (χ0v) is 27.8. The molecule has 2 aromatic rings. The van der Waals surface area contributed by atoms with Gasteiger partial charge < -0.3 is 30.1 Å². The van der Waals surface area contributed by atoms with E-state index in [1.807, 2.05) is 19.2 Å². The Morgan fingerprint density at radius 3 is 2.52 bits per heavy atom. The molecule has 4 heterocycles. The molecule has 0 radical (unpaired) electrons. The van der Waals surface area contributed by atoms with E-state index < -0.39 is 5.60 Å². The van der Waals surface area contributed by atoms with E-state index in [9.17, 15) is 9.59 Å². The van der Waals surface area contributed by atoms with Crippen LogP contribution in [0.3, 0.4) is 0 Å². The van der Waals surface area contributed by atoms with Crippen LogP contribution in [0.4, 0.5) is 23.1 Å². The molecular weight excluding hydrogens is 578 g/mol. The number of nitrogens with zero attached hydrogens (tertiary/aromatic N) is 5. The molecule has 3 aliphatic heterocycles. The molecule has 46 heavy (non-hydrogen) atoms. The van der Waals surface area contributed by atoms with Crippen molar-refractivity contribution in [1.29, 1.82) is 0 Å². The van der Waals surface area contributed by atoms with Crippen LogP contribution in [0, 0.1) is 17.8 Å². The summed E-state index contributed by atoms with van der Waals surface area (Å²) in [5, 5.41) is 6.84. The van der Waals surface area contributed by atoms with E-state index in [1.54, 1.807) is 11.1 Å². The van der Waals surface area contributed by atoms with Gasteiger partial charge in [0.25, 0.3) is 5.91 Å². The number of benzene rings is 1. The Kier molecular flexibility index (Phi) is 7.42. The number of ether oxygens (including phenoxy) is 1. The van der Waals surface area contributed by atoms with Gasteiger partial charge in [0.05, 0.1) is 11.9 Å². The van der Waals surface area contributed by atoms with E-state index in [2.05, 4.69) is 46.2 Å². The van der Waals surface area contributed by atoms with Crippen molar-refractivity contribution in [2.24, 2.45) is 17.8 Å². The first-order valence-electron chi connectivity index (χ1n) is 17.8. The number of carbonyl (C=O) groups is 2. The van der Waals surface area contributed by atoms with Crippen LogP contribution in [0.2, 0.25) is 0 Å². The number of rotatable bonds is 8. The number of anilines is 4. The minimum Gasteiger partial charge on any atom is -0.485 e. The predicted molar refractivity (Wildman–Crippen MR) is 179 cm³/mol. The molecular formula is C36H49N7O3. The molecule has 3 aliphatic carbocycles. The number of nitrogens with one attached hydrogen (secondary N) is 2. The fraction of sp³-hybridized carbons (Fsp3) is 0.667. The van der Waals surface area contributed by atoms with E-state index in [0.717, 1.165) is 60.8 Å². The van der Waals surface area contributed by atoms with Crippen molar-refractivity contribution < 1.29 is 14.3 Å². The maximum absolute atomic E-state index is 13.8. The second kappa shape index (κ2) is 11.4. The maximum Gasteiger partial charge on any atom is 0.251 e. The van der Waals surface area contributed by atoms with Gasteiger partial charge in [-0.15, -0.1) is 0 Å². The zero-order chi connectivity index (χ0) is 31.7. The molecule has 2 amide bonds. The summed E-state index contributed by atoms with van der Waals surface area (Å²) in [6.07, 6.45) is 12.6. The average molecular weight is 628 g/mol. The average Bonchev–Trinajstić information content (AvgIpc) is 3.32. The Bertz CT molecular complexity index is 1520. The van der Waals surface area contributed by atoms with Crippen molar-refractivity contribution in [3.05, 3.63) is 29.5 Å². The first-order valence-corrected chi connectivity index (χ1v) is 17.8. The lowest BCUT2D eigenvalue weighted by Crippen LogP contribution is -2.55. The summed E-state index contributed by atoms with van der Waals surface area (Å²) < 4.78 is 6.48. The monoisotopic (exact) mass is 627 g/mol. The van der Waals surface area contributed by atoms with Crippen LogP contribution in [-0.2, 0) is 11.2 Å². The van der Waals surface area contributed by atoms with Gasteiger partial charge in [-0.3, -0.25) is 9.59 Å². The van der Waals surface area contributed by atoms with Crippen LogP contribution in [0.15, 0.2) is 18.3 Å². The Hall–Kier alpha value is -3.40. The molecule has 2 N–H and O–H groups in total. The molecule has 10 heteroatoms. The molecule has 1 aromatic heterocycles. The highest BCUT2D eigenvalue weighted by molar-refractivity contribution is 6.04. The number of amides is 2. The smallest absolute Gasteiger partial charge is 0.251 e. The highest BCUT2D eigenvalue weighted by Gasteiger charge is 2.44. The number of fused-ring (bicyclic) bond motifs is 3. The van der Waals surface area contributed by atoms with Gasteiger partial charge in [-0.1, -0.05) is 19.8 Å². The number of likely N-dealkylation sites (tertiary alicyclic amines) is 1. The summed E-state index contributed by atoms with van der Waals surface area (Å²) in [6.45, 7) is 9.87. The summed E-state index contributed by atoms with van der Waals surface area (Å²) in [6, 6.07) is 4.16. The topological polar surface area (TPSA) is 103 Å². The lowest BCUT2D eigenvalue weighted by Gasteiger charge is -2.43. The molecule has 4 fully saturated rings. The van der Waals surface area contributed by atoms with E-state index in [-0.39, 0.29) is 23.9 Å². The van der Waals surface area contributed by atoms with Gasteiger partial charge in [0, 0.05) is 56.3 Å². The Morgan fingerprint density at radius 2 is 1.83 bits per heavy atom. The number of hydrogen-bond donors (Lipinski definition) is 2. The molecule has 0 bridgehead atoms. The summed E-state index contributed by atoms with van der Waals surface area (Å²) in [4.78, 5) is 43.4. The van der Waals surface area contributed by atoms with Gasteiger partial charge in [-0.25, -0.2) is 4.98 Å². The van der Waals surface area contributed by atoms with Crippen molar-refractivity contribution in [2.45, 2.75) is 109 Å². The molecule has 8 rings (SSSR count). The highest BCUT2D eigenvalue weighted by atomic mass is 16.5. The van der Waals surface area contributed by atoms with E-state index >= 15 is 0 Å². The van der Waals surface area contributed by atoms with Gasteiger partial charge in [-0.05, 0) is 88.7 Å². The highest BCUT2D eigenvalue weighted by Crippen LogP contribution is 2.45. The molecule has 1 saturated heterocycles. The Morgan fingerprint density at radius 1 is 1.09 bits per heavy atom. The minimum atomic E-state index is -0.433. The van der Waals surface area contributed by atoms with Crippen LogP contribution >= 0.6 is 0 Å². The standard InChI is InChI=1S/C36H49N7O3/c1-5-29-34(45)41(4)30-17-37-35(40-32(30)43(29)25-8-6-7-9-25)39-28-13-12-26(27-16-36(2,3)46-31(27)28)33(44)38-24-14-22-19-42(18-21-10-11-21)20-23(22)15-24/h12-13,17,21-25,29H,5-11,14-16,18-20H2,1-4H3,(H,38,44)(H,37,39,40)/t22-,23+,24?,29-/m1/s1. The molecule has 246 valence electrons. The molecule has 3 saturated carbocycles. The van der Waals surface area contributed by atoms with Crippen molar-refractivity contribution in [1.82, 2.24) is 20.2 Å². The second-order valence-electron chi connectivity index (χ2n) is 15.5. The minimum absolute atomic E-state index is 0.000502. The largest absolute Gasteiger partial charge is 0.485 e. The number of aromatic nitrogens is 2. The second-order valence-corrected chi connectivity index (χ2v) is 15.5. The van der Waals surface area contributed by atoms with Crippen molar-refractivity contribution in [2.75, 3.05) is 41.8 Å². The fourth-order valence-electron chi connectivity index (χ4n) is 9.13. The summed E-state index contributed by atoms with van der Waals surface area (Å²) in [7, 11) is 1.82. The molecule has 0 spiro atoms. The van der Waals surface area contributed by atoms with Gasteiger partial charge in [-0.2, -0.15) is 4.98 Å². The normalized spacial score (nSPS) is 28.7. The third kappa shape index (κ3) is 5.40. The Labute approximate surface area is 272 Å². The quantitative estimate of drug-likeness (QED) is 0.407. The predicted octanol–water partition coefficient (Wildman–Crippen LogP) is 5.29. The van der Waals surface area contributed by atoms with Crippen LogP contribution in [0.1, 0.15) is 94.5 Å². The third-order valence-electron chi connectivity index (χ3n) is 11.5. The Balaban J connectivity index is 1.02. The van der Waals surface area contributed by atoms with Crippen LogP contribution < -0.4 is 25.2 Å².